The van der Waals surface area contributed by atoms with Gasteiger partial charge in [-0.2, -0.15) is 0 Å². The first kappa shape index (κ1) is 24.0. The quantitative estimate of drug-likeness (QED) is 0.205. The molecular formula is C39H25N3O. The van der Waals surface area contributed by atoms with Crippen LogP contribution in [0.3, 0.4) is 0 Å². The fourth-order valence-electron chi connectivity index (χ4n) is 6.58. The molecule has 43 heavy (non-hydrogen) atoms. The summed E-state index contributed by atoms with van der Waals surface area (Å²) in [5.41, 5.74) is 6.18. The zero-order valence-corrected chi connectivity index (χ0v) is 23.2. The van der Waals surface area contributed by atoms with Crippen LogP contribution in [0, 0.1) is 0 Å². The van der Waals surface area contributed by atoms with Crippen LogP contribution in [0.15, 0.2) is 132 Å². The Morgan fingerprint density at radius 3 is 2.16 bits per heavy atom. The number of nitrogens with zero attached hydrogens (tertiary/aromatic N) is 3. The second-order valence-corrected chi connectivity index (χ2v) is 11.2. The third-order valence-corrected chi connectivity index (χ3v) is 8.64. The van der Waals surface area contributed by atoms with E-state index in [1.807, 2.05) is 30.3 Å². The van der Waals surface area contributed by atoms with Crippen molar-refractivity contribution in [1.29, 1.82) is 0 Å². The van der Waals surface area contributed by atoms with Gasteiger partial charge in [0.15, 0.2) is 11.6 Å². The zero-order valence-electron chi connectivity index (χ0n) is 23.2. The van der Waals surface area contributed by atoms with E-state index in [9.17, 15) is 0 Å². The smallest absolute Gasteiger partial charge is 0.164 e. The number of hydrogen-bond acceptors (Lipinski definition) is 4. The van der Waals surface area contributed by atoms with Crippen LogP contribution < -0.4 is 0 Å². The first-order chi connectivity index (χ1) is 21.3. The van der Waals surface area contributed by atoms with Gasteiger partial charge >= 0.3 is 0 Å². The fraction of sp³-hybridized carbons (Fsp3) is 0.0513. The third-order valence-electron chi connectivity index (χ3n) is 8.64. The number of aromatic nitrogens is 3. The van der Waals surface area contributed by atoms with Crippen LogP contribution >= 0.6 is 0 Å². The lowest BCUT2D eigenvalue weighted by Gasteiger charge is -2.20. The summed E-state index contributed by atoms with van der Waals surface area (Å²) >= 11 is 0. The largest absolute Gasteiger partial charge is 0.456 e. The van der Waals surface area contributed by atoms with Gasteiger partial charge in [-0.05, 0) is 57.3 Å². The van der Waals surface area contributed by atoms with Gasteiger partial charge in [-0.1, -0.05) is 115 Å². The van der Waals surface area contributed by atoms with Gasteiger partial charge in [-0.15, -0.1) is 0 Å². The minimum atomic E-state index is 0.0300. The number of rotatable bonds is 3. The molecule has 0 spiro atoms. The van der Waals surface area contributed by atoms with Crippen molar-refractivity contribution in [3.63, 3.8) is 0 Å². The molecule has 8 aromatic rings. The maximum Gasteiger partial charge on any atom is 0.164 e. The van der Waals surface area contributed by atoms with Gasteiger partial charge in [0.2, 0.25) is 0 Å². The molecule has 1 unspecified atom stereocenters. The summed E-state index contributed by atoms with van der Waals surface area (Å²) in [6, 6.07) is 42.1. The van der Waals surface area contributed by atoms with E-state index in [0.717, 1.165) is 56.1 Å². The summed E-state index contributed by atoms with van der Waals surface area (Å²) in [6.07, 6.45) is 5.27. The van der Waals surface area contributed by atoms with E-state index in [2.05, 4.69) is 103 Å². The number of fused-ring (bicyclic) bond motifs is 7. The molecular weight excluding hydrogens is 526 g/mol. The van der Waals surface area contributed by atoms with Crippen molar-refractivity contribution in [2.75, 3.05) is 0 Å². The first-order valence-electron chi connectivity index (χ1n) is 14.6. The maximum absolute atomic E-state index is 6.24. The molecule has 1 aliphatic carbocycles. The second kappa shape index (κ2) is 9.47. The van der Waals surface area contributed by atoms with E-state index >= 15 is 0 Å². The topological polar surface area (TPSA) is 51.8 Å². The second-order valence-electron chi connectivity index (χ2n) is 11.2. The molecule has 6 aromatic carbocycles. The Morgan fingerprint density at radius 2 is 1.26 bits per heavy atom. The Kier molecular flexibility index (Phi) is 5.29. The van der Waals surface area contributed by atoms with Gasteiger partial charge < -0.3 is 4.42 Å². The lowest BCUT2D eigenvalue weighted by Crippen LogP contribution is -2.12. The molecule has 0 fully saturated rings. The number of para-hydroxylation sites is 1. The summed E-state index contributed by atoms with van der Waals surface area (Å²) in [7, 11) is 0. The van der Waals surface area contributed by atoms with E-state index in [4.69, 9.17) is 19.4 Å². The number of allylic oxidation sites excluding steroid dienone is 1. The molecule has 2 heterocycles. The SMILES string of the molecule is C1=CC(c2nc(-c3cc4ccccc4c4ccccc34)nc(-c3cccc4oc5ccccc5c34)n2)Cc2ccccc21. The number of hydrogen-bond donors (Lipinski definition) is 0. The van der Waals surface area contributed by atoms with Gasteiger partial charge in [0.1, 0.15) is 17.0 Å². The predicted octanol–water partition coefficient (Wildman–Crippen LogP) is 9.76. The summed E-state index contributed by atoms with van der Waals surface area (Å²) < 4.78 is 6.24. The van der Waals surface area contributed by atoms with Crippen molar-refractivity contribution < 1.29 is 4.42 Å². The van der Waals surface area contributed by atoms with Gasteiger partial charge in [-0.3, -0.25) is 0 Å². The Morgan fingerprint density at radius 1 is 0.558 bits per heavy atom. The number of benzene rings is 6. The van der Waals surface area contributed by atoms with E-state index in [-0.39, 0.29) is 5.92 Å². The van der Waals surface area contributed by atoms with Crippen molar-refractivity contribution in [2.45, 2.75) is 12.3 Å². The lowest BCUT2D eigenvalue weighted by molar-refractivity contribution is 0.669. The van der Waals surface area contributed by atoms with Crippen LogP contribution in [0.5, 0.6) is 0 Å². The lowest BCUT2D eigenvalue weighted by atomic mass is 9.89. The summed E-state index contributed by atoms with van der Waals surface area (Å²) in [5.74, 6) is 2.14. The van der Waals surface area contributed by atoms with Gasteiger partial charge in [0, 0.05) is 27.8 Å². The molecule has 4 nitrogen and oxygen atoms in total. The van der Waals surface area contributed by atoms with Crippen LogP contribution in [0.2, 0.25) is 0 Å². The van der Waals surface area contributed by atoms with Gasteiger partial charge in [0.25, 0.3) is 0 Å². The van der Waals surface area contributed by atoms with E-state index < -0.39 is 0 Å². The zero-order chi connectivity index (χ0) is 28.3. The number of furan rings is 1. The van der Waals surface area contributed by atoms with Crippen molar-refractivity contribution in [2.24, 2.45) is 0 Å². The average Bonchev–Trinajstić information content (AvgIpc) is 3.46. The predicted molar refractivity (Wildman–Crippen MR) is 175 cm³/mol. The first-order valence-corrected chi connectivity index (χ1v) is 14.6. The molecule has 202 valence electrons. The molecule has 0 radical (unpaired) electrons. The maximum atomic E-state index is 6.24. The minimum absolute atomic E-state index is 0.0300. The molecule has 0 bridgehead atoms. The molecule has 2 aromatic heterocycles. The molecule has 4 heteroatoms. The highest BCUT2D eigenvalue weighted by Crippen LogP contribution is 2.39. The highest BCUT2D eigenvalue weighted by Gasteiger charge is 2.23. The van der Waals surface area contributed by atoms with E-state index in [1.54, 1.807) is 0 Å². The third kappa shape index (κ3) is 3.87. The van der Waals surface area contributed by atoms with Crippen LogP contribution in [0.4, 0.5) is 0 Å². The Balaban J connectivity index is 1.33. The molecule has 9 rings (SSSR count). The minimum Gasteiger partial charge on any atom is -0.456 e. The van der Waals surface area contributed by atoms with Gasteiger partial charge in [0.05, 0.1) is 0 Å². The van der Waals surface area contributed by atoms with Crippen LogP contribution in [0.1, 0.15) is 22.9 Å². The molecule has 0 aliphatic heterocycles. The van der Waals surface area contributed by atoms with Crippen LogP contribution in [-0.4, -0.2) is 15.0 Å². The van der Waals surface area contributed by atoms with E-state index in [1.165, 1.54) is 21.9 Å². The standard InChI is InChI=1S/C39H25N3O/c1-2-11-25-22-27(21-20-24(25)10-1)37-40-38(32-17-9-19-35-36(32)31-16-7-8-18-34(31)43-35)42-39(41-37)33-23-26-12-3-4-13-28(26)29-14-5-6-15-30(29)33/h1-21,23,27H,22H2. The summed E-state index contributed by atoms with van der Waals surface area (Å²) in [5, 5.41) is 6.77. The molecule has 0 saturated carbocycles. The molecule has 0 amide bonds. The monoisotopic (exact) mass is 551 g/mol. The van der Waals surface area contributed by atoms with E-state index in [0.29, 0.717) is 11.6 Å². The molecule has 1 atom stereocenters. The van der Waals surface area contributed by atoms with Crippen molar-refractivity contribution in [3.8, 4) is 22.8 Å². The van der Waals surface area contributed by atoms with Gasteiger partial charge in [-0.25, -0.2) is 15.0 Å². The Labute approximate surface area is 248 Å². The normalized spacial score (nSPS) is 14.6. The Hall–Kier alpha value is -5.61. The van der Waals surface area contributed by atoms with Crippen molar-refractivity contribution in [3.05, 3.63) is 144 Å². The fourth-order valence-corrected chi connectivity index (χ4v) is 6.58. The average molecular weight is 552 g/mol. The summed E-state index contributed by atoms with van der Waals surface area (Å²) in [4.78, 5) is 15.6. The summed E-state index contributed by atoms with van der Waals surface area (Å²) in [6.45, 7) is 0. The van der Waals surface area contributed by atoms with Crippen LogP contribution in [-0.2, 0) is 6.42 Å². The van der Waals surface area contributed by atoms with Crippen molar-refractivity contribution >= 4 is 49.6 Å². The van der Waals surface area contributed by atoms with Crippen LogP contribution in [0.25, 0.3) is 72.3 Å². The molecule has 1 aliphatic rings. The Bertz CT molecular complexity index is 2400. The van der Waals surface area contributed by atoms with Crippen molar-refractivity contribution in [1.82, 2.24) is 15.0 Å². The highest BCUT2D eigenvalue weighted by molar-refractivity contribution is 6.14. The molecule has 0 N–H and O–H groups in total. The molecule has 0 saturated heterocycles. The highest BCUT2D eigenvalue weighted by atomic mass is 16.3.